The first kappa shape index (κ1) is 99.3. The van der Waals surface area contributed by atoms with Gasteiger partial charge in [0.25, 0.3) is 17.7 Å². The van der Waals surface area contributed by atoms with Gasteiger partial charge in [-0.1, -0.05) is 59.3 Å². The highest BCUT2D eigenvalue weighted by atomic mass is 16.6. The van der Waals surface area contributed by atoms with Crippen LogP contribution in [0.1, 0.15) is 313 Å². The molecular weight excluding hydrogens is 1470 g/mol. The van der Waals surface area contributed by atoms with Gasteiger partial charge in [-0.15, -0.1) is 0 Å². The molecule has 0 bridgehead atoms. The van der Waals surface area contributed by atoms with Crippen molar-refractivity contribution < 1.29 is 101 Å². The lowest BCUT2D eigenvalue weighted by atomic mass is 9.82. The Kier molecular flexibility index (Phi) is 44.6. The number of hydrogen-bond donors (Lipinski definition) is 9. The molecule has 0 aliphatic heterocycles. The number of amides is 5. The van der Waals surface area contributed by atoms with Gasteiger partial charge in [0.1, 0.15) is 58.3 Å². The monoisotopic (exact) mass is 1610 g/mol. The minimum absolute atomic E-state index is 0.0528. The molecule has 10 aliphatic carbocycles. The second-order valence-corrected chi connectivity index (χ2v) is 35.5. The van der Waals surface area contributed by atoms with Crippen LogP contribution in [0.5, 0.6) is 0 Å². The third kappa shape index (κ3) is 41.7. The molecule has 0 radical (unpaired) electrons. The van der Waals surface area contributed by atoms with Crippen molar-refractivity contribution in [1.29, 1.82) is 0 Å². The normalized spacial score (nSPS) is 24.5. The van der Waals surface area contributed by atoms with Crippen molar-refractivity contribution in [3.8, 4) is 0 Å². The standard InChI is InChI=1S/C20H32N2O6.C18H30N2O5.C13H22N2O3.C11H18O3.C10H18O2.C10H16O2.C4H5N/c1-12(23)27-17(18(25)21-14-9-10-14)15(22-19(26)28-20(2,3)4)11-13-7-5-6-8-16(13)24;1-18(2,3)25-17(24)20-13(10-11-6-4-5-7-14(11)21)15(22)16(23)19-12-8-9-12;14-10(7-8-3-1-2-4-11(8)16)12(17)13(18)15-9-5-6-9;1-8(11(13)14-2)7-9-5-3-4-6-10(9)12;2*1-8(7-11)6-9-4-2-3-5-10(9)12;1-5-4-2-3-4/h13-15,17H,5-11H2,1-4H3,(H,21,25)(H,22,26);11-13,15,22H,4-10H2,1-3H3,(H,19,23)(H,20,24);8-10,12,17H,1-7,14H2,(H,15,18);8-9H,3-7H2,1-2H3;8-9,11H,2-7H2,1H3;7-9H,2-6H2,1H3;4H,2-3H2/t13-,15-,17?;11-,13-,15?;8-,10-,12?;3*8-,9-;/m000000./s1. The Morgan fingerprint density at radius 3 is 1.13 bits per heavy atom. The summed E-state index contributed by atoms with van der Waals surface area (Å²) in [4.78, 5) is 168. The molecule has 10 saturated carbocycles. The second kappa shape index (κ2) is 51.2. The Morgan fingerprint density at radius 1 is 0.482 bits per heavy atom. The average molecular weight is 1610 g/mol. The highest BCUT2D eigenvalue weighted by molar-refractivity contribution is 5.88. The molecule has 28 nitrogen and oxygen atoms in total. The zero-order chi connectivity index (χ0) is 84.8. The van der Waals surface area contributed by atoms with Crippen LogP contribution in [0.25, 0.3) is 4.85 Å². The number of aliphatic hydroxyl groups is 3. The fourth-order valence-corrected chi connectivity index (χ4v) is 14.7. The number of alkyl carbamates (subject to hydrolysis) is 2. The molecule has 0 heterocycles. The van der Waals surface area contributed by atoms with Crippen LogP contribution in [0.3, 0.4) is 0 Å². The van der Waals surface area contributed by atoms with Crippen LogP contribution in [-0.4, -0.2) is 184 Å². The number of ether oxygens (including phenoxy) is 4. The predicted octanol–water partition coefficient (Wildman–Crippen LogP) is 10.8. The minimum Gasteiger partial charge on any atom is -0.469 e. The van der Waals surface area contributed by atoms with E-state index in [0.29, 0.717) is 68.3 Å². The molecule has 0 aromatic rings. The van der Waals surface area contributed by atoms with Crippen molar-refractivity contribution in [1.82, 2.24) is 26.6 Å². The van der Waals surface area contributed by atoms with Crippen molar-refractivity contribution in [2.24, 2.45) is 59.0 Å². The summed E-state index contributed by atoms with van der Waals surface area (Å²) < 4.78 is 20.5. The maximum atomic E-state index is 12.7. The number of methoxy groups -OCH3 is 1. The number of nitrogens with two attached hydrogens (primary N) is 1. The Hall–Kier alpha value is -7.09. The van der Waals surface area contributed by atoms with Crippen molar-refractivity contribution in [3.05, 3.63) is 11.4 Å². The van der Waals surface area contributed by atoms with E-state index in [1.165, 1.54) is 20.5 Å². The largest absolute Gasteiger partial charge is 0.469 e. The van der Waals surface area contributed by atoms with Crippen LogP contribution in [0.2, 0.25) is 0 Å². The molecule has 114 heavy (non-hydrogen) atoms. The van der Waals surface area contributed by atoms with Crippen LogP contribution in [-0.2, 0) is 76.5 Å². The minimum atomic E-state index is -1.40. The Balaban J connectivity index is 0.000000292. The summed E-state index contributed by atoms with van der Waals surface area (Å²) in [6.07, 6.45) is 28.0. The lowest BCUT2D eigenvalue weighted by Gasteiger charge is -2.31. The number of nitrogens with zero attached hydrogens (tertiary/aromatic N) is 1. The molecule has 0 saturated heterocycles. The fourth-order valence-electron chi connectivity index (χ4n) is 14.7. The molecule has 15 atom stereocenters. The number of aldehydes is 1. The number of carbonyl (C=O) groups is 14. The number of carbonyl (C=O) groups excluding carboxylic acids is 14. The Morgan fingerprint density at radius 2 is 0.816 bits per heavy atom. The lowest BCUT2D eigenvalue weighted by molar-refractivity contribution is -0.156. The van der Waals surface area contributed by atoms with Gasteiger partial charge in [0.05, 0.1) is 25.1 Å². The summed E-state index contributed by atoms with van der Waals surface area (Å²) in [6.45, 7) is 23.9. The molecule has 5 amide bonds. The van der Waals surface area contributed by atoms with Gasteiger partial charge in [-0.05, 0) is 202 Å². The smallest absolute Gasteiger partial charge is 0.408 e. The highest BCUT2D eigenvalue weighted by Gasteiger charge is 2.41. The van der Waals surface area contributed by atoms with Gasteiger partial charge in [0, 0.05) is 130 Å². The van der Waals surface area contributed by atoms with E-state index in [1.54, 1.807) is 41.5 Å². The second-order valence-electron chi connectivity index (χ2n) is 35.5. The summed E-state index contributed by atoms with van der Waals surface area (Å²) in [5.74, 6) is -0.459. The molecule has 10 fully saturated rings. The van der Waals surface area contributed by atoms with E-state index in [2.05, 4.69) is 36.2 Å². The molecule has 0 spiro atoms. The first-order valence-corrected chi connectivity index (χ1v) is 42.7. The van der Waals surface area contributed by atoms with Crippen LogP contribution < -0.4 is 32.3 Å². The number of Topliss-reactive ketones (excluding diaryl/α,β-unsaturated/α-hetero) is 6. The molecule has 10 aliphatic rings. The van der Waals surface area contributed by atoms with Crippen molar-refractivity contribution in [2.75, 3.05) is 13.7 Å². The van der Waals surface area contributed by atoms with E-state index in [1.807, 2.05) is 20.8 Å². The van der Waals surface area contributed by atoms with Crippen molar-refractivity contribution >= 4 is 82.8 Å². The zero-order valence-corrected chi connectivity index (χ0v) is 70.3. The van der Waals surface area contributed by atoms with Crippen molar-refractivity contribution in [2.45, 2.75) is 385 Å². The summed E-state index contributed by atoms with van der Waals surface area (Å²) >= 11 is 0. The van der Waals surface area contributed by atoms with Crippen molar-refractivity contribution in [3.63, 3.8) is 0 Å². The Labute approximate surface area is 677 Å². The van der Waals surface area contributed by atoms with Gasteiger partial charge in [0.2, 0.25) is 6.04 Å². The van der Waals surface area contributed by atoms with E-state index < -0.39 is 83.5 Å². The average Bonchev–Trinajstić information content (AvgIpc) is 1.21. The maximum Gasteiger partial charge on any atom is 0.408 e. The number of hydrogen-bond acceptors (Lipinski definition) is 22. The van der Waals surface area contributed by atoms with Crippen LogP contribution in [0.15, 0.2) is 0 Å². The van der Waals surface area contributed by atoms with E-state index in [4.69, 9.17) is 31.6 Å². The van der Waals surface area contributed by atoms with Gasteiger partial charge < -0.3 is 76.2 Å². The SMILES string of the molecule is CC(=O)OC(C(=O)NC1CC1)[C@H](C[C@@H]1CCCCC1=O)NC(=O)OC(C)(C)C.CC(C)(C)OC(=O)N[C@@H](C[C@@H]1CCCCC1=O)C(O)C(=O)NC1CC1.COC(=O)[C@@H](C)C[C@@H]1CCCCC1=O.C[C@H](C=O)C[C@@H]1CCCCC1=O.C[C@H](CO)C[C@@H]1CCCCC1=O.N[C@@H](C[C@@H]1CCCCC1=O)C(O)C(=O)NC1CC1.[C-]#[N+]C1CC1. The molecule has 10 N–H and O–H groups in total. The first-order valence-electron chi connectivity index (χ1n) is 42.7. The molecule has 646 valence electrons. The molecule has 3 unspecified atom stereocenters. The number of rotatable bonds is 27. The quantitative estimate of drug-likeness (QED) is 0.0160. The number of ketones is 6. The van der Waals surface area contributed by atoms with Gasteiger partial charge in [-0.2, -0.15) is 0 Å². The van der Waals surface area contributed by atoms with E-state index in [9.17, 15) is 77.3 Å². The molecule has 0 aromatic heterocycles. The van der Waals surface area contributed by atoms with Crippen LogP contribution >= 0.6 is 0 Å². The molecular formula is C86H141N7O21. The molecule has 10 rings (SSSR count). The first-order chi connectivity index (χ1) is 53.8. The number of nitrogens with one attached hydrogen (secondary N) is 5. The molecule has 0 aromatic carbocycles. The van der Waals surface area contributed by atoms with Gasteiger partial charge in [-0.25, -0.2) is 16.2 Å². The zero-order valence-electron chi connectivity index (χ0n) is 70.3. The maximum absolute atomic E-state index is 12.7. The number of esters is 2. The lowest BCUT2D eigenvalue weighted by Crippen LogP contribution is -2.54. The predicted molar refractivity (Wildman–Crippen MR) is 427 cm³/mol. The fraction of sp³-hybridized carbons (Fsp3) is 0.826. The third-order valence-corrected chi connectivity index (χ3v) is 22.0. The van der Waals surface area contributed by atoms with Crippen LogP contribution in [0, 0.1) is 59.8 Å². The summed E-state index contributed by atoms with van der Waals surface area (Å²) in [7, 11) is 1.39. The molecule has 28 heteroatoms. The number of aliphatic hydroxyl groups excluding tert-OH is 3. The topological polar surface area (TPSA) is 427 Å². The Bertz CT molecular complexity index is 3150. The highest BCUT2D eigenvalue weighted by Crippen LogP contribution is 2.33. The summed E-state index contributed by atoms with van der Waals surface area (Å²) in [6, 6.07) is -1.50. The van der Waals surface area contributed by atoms with E-state index in [0.717, 1.165) is 186 Å². The third-order valence-electron chi connectivity index (χ3n) is 22.0. The van der Waals surface area contributed by atoms with Crippen LogP contribution in [0.4, 0.5) is 9.59 Å². The van der Waals surface area contributed by atoms with Gasteiger partial charge in [0.15, 0.2) is 12.2 Å². The summed E-state index contributed by atoms with van der Waals surface area (Å²) in [5, 5.41) is 42.6. The van der Waals surface area contributed by atoms with Gasteiger partial charge in [-0.3, -0.25) is 52.7 Å². The van der Waals surface area contributed by atoms with Gasteiger partial charge >= 0.3 is 24.1 Å². The van der Waals surface area contributed by atoms with E-state index >= 15 is 0 Å². The van der Waals surface area contributed by atoms with E-state index in [-0.39, 0.29) is 114 Å². The summed E-state index contributed by atoms with van der Waals surface area (Å²) in [5.41, 5.74) is 4.44.